The summed E-state index contributed by atoms with van der Waals surface area (Å²) in [4.78, 5) is 0. The zero-order chi connectivity index (χ0) is 11.4. The molecule has 0 radical (unpaired) electrons. The Kier molecular flexibility index (Phi) is 4.56. The molecule has 0 bridgehead atoms. The fraction of sp³-hybridized carbons (Fsp3) is 1.00. The minimum absolute atomic E-state index is 0.220. The van der Waals surface area contributed by atoms with E-state index in [1.807, 2.05) is 0 Å². The average Bonchev–Trinajstić information content (AvgIpc) is 2.12. The molecule has 0 unspecified atom stereocenters. The first-order valence-corrected chi connectivity index (χ1v) is 5.99. The van der Waals surface area contributed by atoms with Gasteiger partial charge in [0.2, 0.25) is 0 Å². The summed E-state index contributed by atoms with van der Waals surface area (Å²) in [6.45, 7) is 12.8. The van der Waals surface area contributed by atoms with Crippen LogP contribution < -0.4 is 10.6 Å². The normalized spacial score (nSPS) is 21.6. The summed E-state index contributed by atoms with van der Waals surface area (Å²) in [7, 11) is 0. The SMILES string of the molecule is CC(C)(C)NCCNC1(C)CCOCC1. The highest BCUT2D eigenvalue weighted by Crippen LogP contribution is 2.18. The van der Waals surface area contributed by atoms with Crippen molar-refractivity contribution in [3.05, 3.63) is 0 Å². The Labute approximate surface area is 94.0 Å². The third kappa shape index (κ3) is 5.50. The highest BCUT2D eigenvalue weighted by molar-refractivity contribution is 4.85. The molecule has 0 amide bonds. The van der Waals surface area contributed by atoms with Gasteiger partial charge in [-0.05, 0) is 40.5 Å². The molecule has 1 aliphatic rings. The van der Waals surface area contributed by atoms with Crippen LogP contribution in [-0.2, 0) is 4.74 Å². The number of rotatable bonds is 4. The molecular weight excluding hydrogens is 188 g/mol. The molecule has 3 nitrogen and oxygen atoms in total. The molecule has 0 aromatic carbocycles. The first-order valence-electron chi connectivity index (χ1n) is 5.99. The Balaban J connectivity index is 2.13. The van der Waals surface area contributed by atoms with Gasteiger partial charge in [-0.2, -0.15) is 0 Å². The first-order chi connectivity index (χ1) is 6.91. The van der Waals surface area contributed by atoms with Gasteiger partial charge in [-0.15, -0.1) is 0 Å². The second-order valence-corrected chi connectivity index (χ2v) is 5.78. The van der Waals surface area contributed by atoms with E-state index in [4.69, 9.17) is 4.74 Å². The van der Waals surface area contributed by atoms with Crippen LogP contribution in [0.4, 0.5) is 0 Å². The molecule has 0 saturated carbocycles. The van der Waals surface area contributed by atoms with Crippen LogP contribution in [0, 0.1) is 0 Å². The molecule has 90 valence electrons. The molecule has 2 N–H and O–H groups in total. The maximum absolute atomic E-state index is 5.37. The number of hydrogen-bond acceptors (Lipinski definition) is 3. The molecule has 0 aliphatic carbocycles. The van der Waals surface area contributed by atoms with Crippen LogP contribution in [-0.4, -0.2) is 37.4 Å². The fourth-order valence-corrected chi connectivity index (χ4v) is 1.80. The fourth-order valence-electron chi connectivity index (χ4n) is 1.80. The third-order valence-corrected chi connectivity index (χ3v) is 2.93. The van der Waals surface area contributed by atoms with Crippen molar-refractivity contribution in [1.29, 1.82) is 0 Å². The van der Waals surface area contributed by atoms with Crippen molar-refractivity contribution in [2.24, 2.45) is 0 Å². The van der Waals surface area contributed by atoms with Crippen molar-refractivity contribution < 1.29 is 4.74 Å². The molecule has 1 heterocycles. The molecule has 0 spiro atoms. The Morgan fingerprint density at radius 2 is 1.73 bits per heavy atom. The molecule has 15 heavy (non-hydrogen) atoms. The highest BCUT2D eigenvalue weighted by atomic mass is 16.5. The van der Waals surface area contributed by atoms with Crippen LogP contribution in [0.1, 0.15) is 40.5 Å². The van der Waals surface area contributed by atoms with Gasteiger partial charge in [-0.3, -0.25) is 0 Å². The third-order valence-electron chi connectivity index (χ3n) is 2.93. The van der Waals surface area contributed by atoms with E-state index in [1.54, 1.807) is 0 Å². The molecule has 3 heteroatoms. The smallest absolute Gasteiger partial charge is 0.0483 e. The van der Waals surface area contributed by atoms with Gasteiger partial charge in [0.1, 0.15) is 0 Å². The van der Waals surface area contributed by atoms with Gasteiger partial charge in [0.05, 0.1) is 0 Å². The van der Waals surface area contributed by atoms with Crippen LogP contribution in [0.5, 0.6) is 0 Å². The summed E-state index contributed by atoms with van der Waals surface area (Å²) in [6, 6.07) is 0. The van der Waals surface area contributed by atoms with Gasteiger partial charge >= 0.3 is 0 Å². The lowest BCUT2D eigenvalue weighted by atomic mass is 9.92. The molecule has 1 aliphatic heterocycles. The van der Waals surface area contributed by atoms with Gasteiger partial charge in [0.15, 0.2) is 0 Å². The lowest BCUT2D eigenvalue weighted by Crippen LogP contribution is -2.50. The minimum atomic E-state index is 0.220. The predicted molar refractivity (Wildman–Crippen MR) is 64.2 cm³/mol. The summed E-state index contributed by atoms with van der Waals surface area (Å²) in [5, 5.41) is 7.11. The second-order valence-electron chi connectivity index (χ2n) is 5.78. The molecule has 0 aromatic rings. The van der Waals surface area contributed by atoms with Gasteiger partial charge in [0, 0.05) is 37.4 Å². The van der Waals surface area contributed by atoms with Gasteiger partial charge in [-0.1, -0.05) is 0 Å². The van der Waals surface area contributed by atoms with Crippen LogP contribution in [0.2, 0.25) is 0 Å². The number of nitrogens with one attached hydrogen (secondary N) is 2. The van der Waals surface area contributed by atoms with Crippen LogP contribution in [0.25, 0.3) is 0 Å². The summed E-state index contributed by atoms with van der Waals surface area (Å²) in [6.07, 6.45) is 2.25. The summed E-state index contributed by atoms with van der Waals surface area (Å²) in [5.41, 5.74) is 0.510. The van der Waals surface area contributed by atoms with Gasteiger partial charge < -0.3 is 15.4 Å². The van der Waals surface area contributed by atoms with E-state index in [2.05, 4.69) is 38.3 Å². The minimum Gasteiger partial charge on any atom is -0.381 e. The Bertz CT molecular complexity index is 181. The molecule has 1 fully saturated rings. The van der Waals surface area contributed by atoms with E-state index in [0.29, 0.717) is 0 Å². The Morgan fingerprint density at radius 1 is 1.13 bits per heavy atom. The van der Waals surface area contributed by atoms with Gasteiger partial charge in [-0.25, -0.2) is 0 Å². The zero-order valence-corrected chi connectivity index (χ0v) is 10.7. The quantitative estimate of drug-likeness (QED) is 0.696. The Hall–Kier alpha value is -0.120. The monoisotopic (exact) mass is 214 g/mol. The first kappa shape index (κ1) is 12.9. The van der Waals surface area contributed by atoms with E-state index in [0.717, 1.165) is 39.1 Å². The maximum Gasteiger partial charge on any atom is 0.0483 e. The zero-order valence-electron chi connectivity index (χ0n) is 10.7. The van der Waals surface area contributed by atoms with Crippen molar-refractivity contribution in [3.8, 4) is 0 Å². The summed E-state index contributed by atoms with van der Waals surface area (Å²) >= 11 is 0. The lowest BCUT2D eigenvalue weighted by Gasteiger charge is -2.35. The van der Waals surface area contributed by atoms with Crippen molar-refractivity contribution in [1.82, 2.24) is 10.6 Å². The summed E-state index contributed by atoms with van der Waals surface area (Å²) < 4.78 is 5.37. The maximum atomic E-state index is 5.37. The Morgan fingerprint density at radius 3 is 2.27 bits per heavy atom. The molecular formula is C12H26N2O. The highest BCUT2D eigenvalue weighted by Gasteiger charge is 2.26. The van der Waals surface area contributed by atoms with Crippen molar-refractivity contribution >= 4 is 0 Å². The molecule has 1 saturated heterocycles. The van der Waals surface area contributed by atoms with E-state index in [-0.39, 0.29) is 11.1 Å². The summed E-state index contributed by atoms with van der Waals surface area (Å²) in [5.74, 6) is 0. The average molecular weight is 214 g/mol. The van der Waals surface area contributed by atoms with Gasteiger partial charge in [0.25, 0.3) is 0 Å². The molecule has 1 rings (SSSR count). The largest absolute Gasteiger partial charge is 0.381 e. The van der Waals surface area contributed by atoms with Crippen LogP contribution >= 0.6 is 0 Å². The van der Waals surface area contributed by atoms with E-state index < -0.39 is 0 Å². The van der Waals surface area contributed by atoms with E-state index in [1.165, 1.54) is 0 Å². The van der Waals surface area contributed by atoms with E-state index in [9.17, 15) is 0 Å². The second kappa shape index (κ2) is 5.28. The topological polar surface area (TPSA) is 33.3 Å². The molecule has 0 aromatic heterocycles. The van der Waals surface area contributed by atoms with Crippen molar-refractivity contribution in [2.75, 3.05) is 26.3 Å². The predicted octanol–water partition coefficient (Wildman–Crippen LogP) is 1.53. The molecule has 0 atom stereocenters. The lowest BCUT2D eigenvalue weighted by molar-refractivity contribution is 0.0454. The van der Waals surface area contributed by atoms with E-state index >= 15 is 0 Å². The van der Waals surface area contributed by atoms with Crippen molar-refractivity contribution in [3.63, 3.8) is 0 Å². The van der Waals surface area contributed by atoms with Crippen LogP contribution in [0.15, 0.2) is 0 Å². The van der Waals surface area contributed by atoms with Crippen LogP contribution in [0.3, 0.4) is 0 Å². The standard InChI is InChI=1S/C12H26N2O/c1-11(2,3)13-7-8-14-12(4)5-9-15-10-6-12/h13-14H,5-10H2,1-4H3. The number of hydrogen-bond donors (Lipinski definition) is 2. The number of ether oxygens (including phenoxy) is 1. The van der Waals surface area contributed by atoms with Crippen molar-refractivity contribution in [2.45, 2.75) is 51.6 Å².